The fourth-order valence-corrected chi connectivity index (χ4v) is 3.68. The van der Waals surface area contributed by atoms with Crippen molar-refractivity contribution in [2.75, 3.05) is 26.9 Å². The van der Waals surface area contributed by atoms with Gasteiger partial charge in [-0.2, -0.15) is 0 Å². The second kappa shape index (κ2) is 10.9. The zero-order valence-corrected chi connectivity index (χ0v) is 18.7. The van der Waals surface area contributed by atoms with Crippen LogP contribution < -0.4 is 15.6 Å². The molecule has 1 atom stereocenters. The standard InChI is InChI=1S/C22H24BrN3O5/c1-30-9-10-31-19-8-7-16(11-18(19)23)21(28)24-25-22(29)17-12-20(27)26(14-17)13-15-5-3-2-4-6-15/h2-8,11,17H,9-10,12-14H2,1H3,(H,24,28)(H,25,29). The predicted octanol–water partition coefficient (Wildman–Crippen LogP) is 2.28. The SMILES string of the molecule is COCCOc1ccc(C(=O)NNC(=O)C2CC(=O)N(Cc3ccccc3)C2)cc1Br. The smallest absolute Gasteiger partial charge is 0.269 e. The van der Waals surface area contributed by atoms with E-state index in [-0.39, 0.29) is 12.3 Å². The Morgan fingerprint density at radius 3 is 2.61 bits per heavy atom. The molecule has 9 heteroatoms. The van der Waals surface area contributed by atoms with Crippen molar-refractivity contribution < 1.29 is 23.9 Å². The molecule has 0 spiro atoms. The Balaban J connectivity index is 1.49. The van der Waals surface area contributed by atoms with Crippen LogP contribution >= 0.6 is 15.9 Å². The fourth-order valence-electron chi connectivity index (χ4n) is 3.19. The average Bonchev–Trinajstić information content (AvgIpc) is 3.14. The van der Waals surface area contributed by atoms with E-state index < -0.39 is 17.7 Å². The Kier molecular flexibility index (Phi) is 8.02. The Hall–Kier alpha value is -2.91. The molecular weight excluding hydrogens is 466 g/mol. The monoisotopic (exact) mass is 489 g/mol. The first-order chi connectivity index (χ1) is 15.0. The number of hydrazine groups is 1. The van der Waals surface area contributed by atoms with E-state index in [1.165, 1.54) is 0 Å². The van der Waals surface area contributed by atoms with Crippen LogP contribution in [-0.4, -0.2) is 49.5 Å². The van der Waals surface area contributed by atoms with E-state index in [4.69, 9.17) is 9.47 Å². The largest absolute Gasteiger partial charge is 0.490 e. The number of rotatable bonds is 8. The summed E-state index contributed by atoms with van der Waals surface area (Å²) >= 11 is 3.37. The molecule has 8 nitrogen and oxygen atoms in total. The summed E-state index contributed by atoms with van der Waals surface area (Å²) in [5.41, 5.74) is 6.18. The quantitative estimate of drug-likeness (QED) is 0.437. The molecule has 2 aromatic carbocycles. The predicted molar refractivity (Wildman–Crippen MR) is 117 cm³/mol. The van der Waals surface area contributed by atoms with E-state index in [9.17, 15) is 14.4 Å². The number of nitrogens with zero attached hydrogens (tertiary/aromatic N) is 1. The number of amides is 3. The van der Waals surface area contributed by atoms with Gasteiger partial charge in [-0.05, 0) is 39.7 Å². The molecular formula is C22H24BrN3O5. The zero-order valence-electron chi connectivity index (χ0n) is 17.1. The molecule has 0 radical (unpaired) electrons. The maximum Gasteiger partial charge on any atom is 0.269 e. The van der Waals surface area contributed by atoms with Gasteiger partial charge in [0.15, 0.2) is 0 Å². The van der Waals surface area contributed by atoms with Crippen molar-refractivity contribution >= 4 is 33.7 Å². The van der Waals surface area contributed by atoms with Crippen molar-refractivity contribution in [1.82, 2.24) is 15.8 Å². The molecule has 1 saturated heterocycles. The van der Waals surface area contributed by atoms with E-state index in [1.807, 2.05) is 30.3 Å². The highest BCUT2D eigenvalue weighted by molar-refractivity contribution is 9.10. The highest BCUT2D eigenvalue weighted by Crippen LogP contribution is 2.26. The van der Waals surface area contributed by atoms with Gasteiger partial charge in [0.2, 0.25) is 11.8 Å². The van der Waals surface area contributed by atoms with Gasteiger partial charge in [0, 0.05) is 32.2 Å². The lowest BCUT2D eigenvalue weighted by molar-refractivity contribution is -0.129. The maximum atomic E-state index is 12.4. The molecule has 0 saturated carbocycles. The van der Waals surface area contributed by atoms with E-state index in [2.05, 4.69) is 26.8 Å². The summed E-state index contributed by atoms with van der Waals surface area (Å²) in [6.45, 7) is 1.61. The van der Waals surface area contributed by atoms with Crippen LogP contribution in [-0.2, 0) is 20.9 Å². The summed E-state index contributed by atoms with van der Waals surface area (Å²) in [6.07, 6.45) is 0.119. The number of nitrogens with one attached hydrogen (secondary N) is 2. The normalized spacial score (nSPS) is 15.6. The summed E-state index contributed by atoms with van der Waals surface area (Å²) in [4.78, 5) is 38.7. The summed E-state index contributed by atoms with van der Waals surface area (Å²) in [5.74, 6) is -0.873. The average molecular weight is 490 g/mol. The van der Waals surface area contributed by atoms with Crippen LogP contribution in [0.5, 0.6) is 5.75 Å². The van der Waals surface area contributed by atoms with Gasteiger partial charge in [-0.25, -0.2) is 0 Å². The van der Waals surface area contributed by atoms with E-state index in [0.29, 0.717) is 42.1 Å². The molecule has 0 aliphatic carbocycles. The summed E-state index contributed by atoms with van der Waals surface area (Å²) < 4.78 is 11.1. The van der Waals surface area contributed by atoms with Crippen LogP contribution in [0.15, 0.2) is 53.0 Å². The van der Waals surface area contributed by atoms with Crippen LogP contribution in [0, 0.1) is 5.92 Å². The molecule has 0 aromatic heterocycles. The van der Waals surface area contributed by atoms with Crippen LogP contribution in [0.3, 0.4) is 0 Å². The Morgan fingerprint density at radius 1 is 1.13 bits per heavy atom. The van der Waals surface area contributed by atoms with Crippen LogP contribution in [0.4, 0.5) is 0 Å². The number of methoxy groups -OCH3 is 1. The Bertz CT molecular complexity index is 938. The van der Waals surface area contributed by atoms with Gasteiger partial charge in [0.25, 0.3) is 5.91 Å². The lowest BCUT2D eigenvalue weighted by Gasteiger charge is -2.17. The minimum absolute atomic E-state index is 0.0803. The van der Waals surface area contributed by atoms with Gasteiger partial charge in [0.1, 0.15) is 12.4 Å². The summed E-state index contributed by atoms with van der Waals surface area (Å²) in [7, 11) is 1.59. The topological polar surface area (TPSA) is 97.0 Å². The lowest BCUT2D eigenvalue weighted by atomic mass is 10.1. The summed E-state index contributed by atoms with van der Waals surface area (Å²) in [6, 6.07) is 14.5. The van der Waals surface area contributed by atoms with Gasteiger partial charge >= 0.3 is 0 Å². The number of hydrogen-bond acceptors (Lipinski definition) is 5. The van der Waals surface area contributed by atoms with Crippen LogP contribution in [0.25, 0.3) is 0 Å². The van der Waals surface area contributed by atoms with Gasteiger partial charge < -0.3 is 14.4 Å². The van der Waals surface area contributed by atoms with Gasteiger partial charge in [-0.1, -0.05) is 30.3 Å². The molecule has 0 bridgehead atoms. The molecule has 1 aliphatic heterocycles. The highest BCUT2D eigenvalue weighted by Gasteiger charge is 2.34. The van der Waals surface area contributed by atoms with Crippen molar-refractivity contribution in [3.05, 3.63) is 64.1 Å². The van der Waals surface area contributed by atoms with Gasteiger partial charge in [-0.15, -0.1) is 0 Å². The lowest BCUT2D eigenvalue weighted by Crippen LogP contribution is -2.45. The van der Waals surface area contributed by atoms with Crippen molar-refractivity contribution in [2.24, 2.45) is 5.92 Å². The molecule has 3 amide bonds. The molecule has 1 fully saturated rings. The molecule has 2 N–H and O–H groups in total. The molecule has 164 valence electrons. The number of carbonyl (C=O) groups excluding carboxylic acids is 3. The molecule has 1 heterocycles. The number of halogens is 1. The summed E-state index contributed by atoms with van der Waals surface area (Å²) in [5, 5.41) is 0. The molecule has 2 aromatic rings. The third kappa shape index (κ3) is 6.28. The Labute approximate surface area is 189 Å². The number of benzene rings is 2. The van der Waals surface area contributed by atoms with Crippen molar-refractivity contribution in [1.29, 1.82) is 0 Å². The number of carbonyl (C=O) groups is 3. The van der Waals surface area contributed by atoms with E-state index in [1.54, 1.807) is 30.2 Å². The number of likely N-dealkylation sites (tertiary alicyclic amines) is 1. The van der Waals surface area contributed by atoms with E-state index >= 15 is 0 Å². The maximum absolute atomic E-state index is 12.4. The van der Waals surface area contributed by atoms with E-state index in [0.717, 1.165) is 5.56 Å². The fraction of sp³-hybridized carbons (Fsp3) is 0.318. The minimum Gasteiger partial charge on any atom is -0.490 e. The number of hydrogen-bond donors (Lipinski definition) is 2. The highest BCUT2D eigenvalue weighted by atomic mass is 79.9. The van der Waals surface area contributed by atoms with Gasteiger partial charge in [0.05, 0.1) is 17.0 Å². The van der Waals surface area contributed by atoms with Crippen LogP contribution in [0.1, 0.15) is 22.3 Å². The van der Waals surface area contributed by atoms with Crippen molar-refractivity contribution in [3.63, 3.8) is 0 Å². The zero-order chi connectivity index (χ0) is 22.2. The second-order valence-corrected chi connectivity index (χ2v) is 7.95. The third-order valence-electron chi connectivity index (χ3n) is 4.84. The first-order valence-corrected chi connectivity index (χ1v) is 10.6. The molecule has 31 heavy (non-hydrogen) atoms. The molecule has 1 unspecified atom stereocenters. The Morgan fingerprint density at radius 2 is 1.90 bits per heavy atom. The van der Waals surface area contributed by atoms with Crippen molar-refractivity contribution in [3.8, 4) is 5.75 Å². The second-order valence-electron chi connectivity index (χ2n) is 7.09. The minimum atomic E-state index is -0.514. The number of ether oxygens (including phenoxy) is 2. The van der Waals surface area contributed by atoms with Crippen LogP contribution in [0.2, 0.25) is 0 Å². The molecule has 3 rings (SSSR count). The third-order valence-corrected chi connectivity index (χ3v) is 5.46. The first kappa shape index (κ1) is 22.8. The molecule has 1 aliphatic rings. The van der Waals surface area contributed by atoms with Crippen molar-refractivity contribution in [2.45, 2.75) is 13.0 Å². The first-order valence-electron chi connectivity index (χ1n) is 9.81. The van der Waals surface area contributed by atoms with Gasteiger partial charge in [-0.3, -0.25) is 25.2 Å².